The highest BCUT2D eigenvalue weighted by Gasteiger charge is 2.28. The summed E-state index contributed by atoms with van der Waals surface area (Å²) in [5, 5.41) is 3.51. The van der Waals surface area contributed by atoms with E-state index in [0.717, 1.165) is 13.0 Å². The van der Waals surface area contributed by atoms with E-state index < -0.39 is 0 Å². The van der Waals surface area contributed by atoms with Crippen molar-refractivity contribution in [2.75, 3.05) is 13.7 Å². The average molecular weight is 347 g/mol. The Morgan fingerprint density at radius 2 is 1.88 bits per heavy atom. The van der Waals surface area contributed by atoms with Crippen LogP contribution in [-0.4, -0.2) is 25.3 Å². The van der Waals surface area contributed by atoms with Gasteiger partial charge in [-0.15, -0.1) is 0 Å². The first-order valence-corrected chi connectivity index (χ1v) is 7.10. The Bertz CT molecular complexity index is 335. The van der Waals surface area contributed by atoms with Gasteiger partial charge in [0, 0.05) is 16.7 Å². The molecule has 1 aromatic carbocycles. The van der Waals surface area contributed by atoms with Gasteiger partial charge in [0.2, 0.25) is 0 Å². The zero-order chi connectivity index (χ0) is 12.9. The summed E-state index contributed by atoms with van der Waals surface area (Å²) in [5.41, 5.74) is 1.19. The maximum absolute atomic E-state index is 5.58. The minimum Gasteiger partial charge on any atom is -0.377 e. The van der Waals surface area contributed by atoms with Gasteiger partial charge in [-0.25, -0.2) is 0 Å². The molecule has 17 heavy (non-hydrogen) atoms. The number of methoxy groups -OCH3 is 1. The molecule has 0 aromatic heterocycles. The van der Waals surface area contributed by atoms with Gasteiger partial charge in [-0.1, -0.05) is 19.1 Å². The smallest absolute Gasteiger partial charge is 0.0778 e. The number of ether oxygens (including phenoxy) is 1. The maximum Gasteiger partial charge on any atom is 0.0778 e. The molecule has 0 aliphatic rings. The molecule has 1 N–H and O–H groups in total. The molecular formula is C14H22INO. The van der Waals surface area contributed by atoms with E-state index in [1.165, 1.54) is 9.13 Å². The lowest BCUT2D eigenvalue weighted by molar-refractivity contribution is -0.00960. The lowest BCUT2D eigenvalue weighted by Crippen LogP contribution is -2.49. The fourth-order valence-corrected chi connectivity index (χ4v) is 2.17. The molecule has 0 saturated carbocycles. The normalized spacial score (nSPS) is 13.7. The van der Waals surface area contributed by atoms with E-state index in [-0.39, 0.29) is 5.60 Å². The third kappa shape index (κ3) is 4.56. The van der Waals surface area contributed by atoms with Crippen LogP contribution in [-0.2, 0) is 11.2 Å². The fourth-order valence-electron chi connectivity index (χ4n) is 1.81. The molecule has 0 saturated heterocycles. The van der Waals surface area contributed by atoms with E-state index in [1.54, 1.807) is 7.11 Å². The van der Waals surface area contributed by atoms with Gasteiger partial charge in [-0.2, -0.15) is 0 Å². The average Bonchev–Trinajstić information content (AvgIpc) is 2.31. The molecule has 0 radical (unpaired) electrons. The van der Waals surface area contributed by atoms with Crippen LogP contribution in [0.15, 0.2) is 24.3 Å². The van der Waals surface area contributed by atoms with Gasteiger partial charge in [0.1, 0.15) is 0 Å². The van der Waals surface area contributed by atoms with E-state index >= 15 is 0 Å². The second-order valence-corrected chi connectivity index (χ2v) is 5.99. The Morgan fingerprint density at radius 1 is 1.29 bits per heavy atom. The molecule has 1 atom stereocenters. The largest absolute Gasteiger partial charge is 0.377 e. The van der Waals surface area contributed by atoms with Crippen molar-refractivity contribution >= 4 is 22.6 Å². The van der Waals surface area contributed by atoms with Crippen LogP contribution < -0.4 is 5.32 Å². The lowest BCUT2D eigenvalue weighted by Gasteiger charge is -2.34. The van der Waals surface area contributed by atoms with E-state index in [2.05, 4.69) is 72.9 Å². The highest BCUT2D eigenvalue weighted by molar-refractivity contribution is 14.1. The third-order valence-electron chi connectivity index (χ3n) is 3.17. The standard InChI is InChI=1S/C14H22INO/c1-5-16-13(14(2,3)17-4)10-11-6-8-12(15)9-7-11/h6-9,13,16H,5,10H2,1-4H3. The van der Waals surface area contributed by atoms with E-state index in [9.17, 15) is 0 Å². The van der Waals surface area contributed by atoms with Crippen LogP contribution in [0.25, 0.3) is 0 Å². The molecule has 0 fully saturated rings. The molecule has 1 aromatic rings. The summed E-state index contributed by atoms with van der Waals surface area (Å²) in [4.78, 5) is 0. The van der Waals surface area contributed by atoms with Crippen LogP contribution in [0.1, 0.15) is 26.3 Å². The summed E-state index contributed by atoms with van der Waals surface area (Å²) in [6, 6.07) is 9.02. The Hall–Kier alpha value is -0.130. The molecule has 1 rings (SSSR count). The molecule has 0 spiro atoms. The summed E-state index contributed by atoms with van der Waals surface area (Å²) in [7, 11) is 1.78. The summed E-state index contributed by atoms with van der Waals surface area (Å²) in [6.07, 6.45) is 0.992. The van der Waals surface area contributed by atoms with Crippen molar-refractivity contribution in [1.82, 2.24) is 5.32 Å². The van der Waals surface area contributed by atoms with Crippen molar-refractivity contribution in [3.8, 4) is 0 Å². The minimum atomic E-state index is -0.154. The molecule has 3 heteroatoms. The van der Waals surface area contributed by atoms with Crippen molar-refractivity contribution in [2.45, 2.75) is 38.8 Å². The van der Waals surface area contributed by atoms with Crippen molar-refractivity contribution in [2.24, 2.45) is 0 Å². The first-order chi connectivity index (χ1) is 7.99. The van der Waals surface area contributed by atoms with E-state index in [0.29, 0.717) is 6.04 Å². The molecular weight excluding hydrogens is 325 g/mol. The second kappa shape index (κ2) is 6.71. The molecule has 2 nitrogen and oxygen atoms in total. The van der Waals surface area contributed by atoms with Crippen molar-refractivity contribution in [1.29, 1.82) is 0 Å². The summed E-state index contributed by atoms with van der Waals surface area (Å²) >= 11 is 2.33. The number of benzene rings is 1. The van der Waals surface area contributed by atoms with Gasteiger partial charge in [-0.3, -0.25) is 0 Å². The molecule has 0 amide bonds. The first-order valence-electron chi connectivity index (χ1n) is 6.02. The molecule has 1 unspecified atom stereocenters. The van der Waals surface area contributed by atoms with Crippen molar-refractivity contribution in [3.05, 3.63) is 33.4 Å². The van der Waals surface area contributed by atoms with Crippen molar-refractivity contribution < 1.29 is 4.74 Å². The van der Waals surface area contributed by atoms with Crippen LogP contribution in [0, 0.1) is 3.57 Å². The van der Waals surface area contributed by atoms with Crippen LogP contribution in [0.4, 0.5) is 0 Å². The second-order valence-electron chi connectivity index (χ2n) is 4.75. The van der Waals surface area contributed by atoms with Crippen LogP contribution in [0.3, 0.4) is 0 Å². The highest BCUT2D eigenvalue weighted by Crippen LogP contribution is 2.18. The number of hydrogen-bond donors (Lipinski definition) is 1. The quantitative estimate of drug-likeness (QED) is 0.798. The van der Waals surface area contributed by atoms with Gasteiger partial charge >= 0.3 is 0 Å². The predicted molar refractivity (Wildman–Crippen MR) is 81.4 cm³/mol. The monoisotopic (exact) mass is 347 g/mol. The molecule has 0 aliphatic carbocycles. The Balaban J connectivity index is 2.76. The van der Waals surface area contributed by atoms with Crippen LogP contribution in [0.5, 0.6) is 0 Å². The van der Waals surface area contributed by atoms with E-state index in [4.69, 9.17) is 4.74 Å². The Labute approximate surface area is 118 Å². The minimum absolute atomic E-state index is 0.154. The number of nitrogens with one attached hydrogen (secondary N) is 1. The van der Waals surface area contributed by atoms with Gasteiger partial charge in [0.15, 0.2) is 0 Å². The number of hydrogen-bond acceptors (Lipinski definition) is 2. The van der Waals surface area contributed by atoms with Crippen molar-refractivity contribution in [3.63, 3.8) is 0 Å². The SMILES string of the molecule is CCNC(Cc1ccc(I)cc1)C(C)(C)OC. The molecule has 0 aliphatic heterocycles. The lowest BCUT2D eigenvalue weighted by atomic mass is 9.92. The Morgan fingerprint density at radius 3 is 2.35 bits per heavy atom. The number of halogens is 1. The molecule has 0 heterocycles. The molecule has 96 valence electrons. The fraction of sp³-hybridized carbons (Fsp3) is 0.571. The summed E-state index contributed by atoms with van der Waals surface area (Å²) in [5.74, 6) is 0. The van der Waals surface area contributed by atoms with Crippen LogP contribution >= 0.6 is 22.6 Å². The highest BCUT2D eigenvalue weighted by atomic mass is 127. The summed E-state index contributed by atoms with van der Waals surface area (Å²) in [6.45, 7) is 7.36. The zero-order valence-electron chi connectivity index (χ0n) is 11.1. The van der Waals surface area contributed by atoms with Gasteiger partial charge in [0.05, 0.1) is 5.60 Å². The third-order valence-corrected chi connectivity index (χ3v) is 3.89. The number of likely N-dealkylation sites (N-methyl/N-ethyl adjacent to an activating group) is 1. The zero-order valence-corrected chi connectivity index (χ0v) is 13.2. The maximum atomic E-state index is 5.58. The van der Waals surface area contributed by atoms with Crippen LogP contribution in [0.2, 0.25) is 0 Å². The predicted octanol–water partition coefficient (Wildman–Crippen LogP) is 3.24. The Kier molecular flexibility index (Phi) is 5.89. The number of rotatable bonds is 6. The summed E-state index contributed by atoms with van der Waals surface area (Å²) < 4.78 is 6.86. The molecule has 0 bridgehead atoms. The first kappa shape index (κ1) is 14.9. The van der Waals surface area contributed by atoms with E-state index in [1.807, 2.05) is 0 Å². The van der Waals surface area contributed by atoms with Gasteiger partial charge in [0.25, 0.3) is 0 Å². The topological polar surface area (TPSA) is 21.3 Å². The van der Waals surface area contributed by atoms with Gasteiger partial charge in [-0.05, 0) is 67.1 Å². The van der Waals surface area contributed by atoms with Gasteiger partial charge < -0.3 is 10.1 Å².